The van der Waals surface area contributed by atoms with E-state index in [9.17, 15) is 14.4 Å². The lowest BCUT2D eigenvalue weighted by atomic mass is 9.87. The van der Waals surface area contributed by atoms with Gasteiger partial charge in [-0.2, -0.15) is 0 Å². The molecule has 0 atom stereocenters. The zero-order valence-corrected chi connectivity index (χ0v) is 16.8. The summed E-state index contributed by atoms with van der Waals surface area (Å²) in [5, 5.41) is 14.4. The minimum atomic E-state index is -0.872. The van der Waals surface area contributed by atoms with E-state index in [2.05, 4.69) is 39.6 Å². The monoisotopic (exact) mass is 394 g/mol. The first-order valence-electron chi connectivity index (χ1n) is 9.31. The van der Waals surface area contributed by atoms with E-state index < -0.39 is 17.5 Å². The van der Waals surface area contributed by atoms with E-state index in [0.29, 0.717) is 23.9 Å². The molecule has 0 saturated carbocycles. The molecular weight excluding hydrogens is 368 g/mol. The number of aromatic nitrogens is 2. The number of rotatable bonds is 6. The van der Waals surface area contributed by atoms with Gasteiger partial charge in [0.15, 0.2) is 0 Å². The molecule has 27 heavy (non-hydrogen) atoms. The van der Waals surface area contributed by atoms with Crippen molar-refractivity contribution in [3.05, 3.63) is 5.01 Å². The summed E-state index contributed by atoms with van der Waals surface area (Å²) in [6.07, 6.45) is 1.87. The number of likely N-dealkylation sites (tertiary alicyclic amines) is 1. The van der Waals surface area contributed by atoms with Crippen molar-refractivity contribution in [2.45, 2.75) is 45.6 Å². The molecule has 2 N–H and O–H groups in total. The molecule has 148 valence electrons. The number of carbonyl (C=O) groups is 3. The van der Waals surface area contributed by atoms with Gasteiger partial charge < -0.3 is 10.2 Å². The number of piperidine rings is 1. The fourth-order valence-corrected chi connectivity index (χ4v) is 4.24. The van der Waals surface area contributed by atoms with Gasteiger partial charge in [-0.3, -0.25) is 19.8 Å². The Morgan fingerprint density at radius 3 is 2.59 bits per heavy atom. The maximum atomic E-state index is 12.9. The van der Waals surface area contributed by atoms with Gasteiger partial charge in [-0.25, -0.2) is 4.79 Å². The van der Waals surface area contributed by atoms with Crippen LogP contribution in [0.5, 0.6) is 0 Å². The Morgan fingerprint density at radius 2 is 2.00 bits per heavy atom. The summed E-state index contributed by atoms with van der Waals surface area (Å²) in [6.45, 7) is 8.45. The first-order valence-corrected chi connectivity index (χ1v) is 10.1. The molecule has 0 unspecified atom stereocenters. The van der Waals surface area contributed by atoms with E-state index >= 15 is 0 Å². The minimum absolute atomic E-state index is 0.307. The van der Waals surface area contributed by atoms with Crippen LogP contribution in [0.1, 0.15) is 38.6 Å². The number of nitrogens with zero attached hydrogens (tertiary/aromatic N) is 4. The van der Waals surface area contributed by atoms with Gasteiger partial charge in [0.05, 0.1) is 0 Å². The Hall–Kier alpha value is -2.07. The molecule has 0 aliphatic carbocycles. The highest BCUT2D eigenvalue weighted by molar-refractivity contribution is 7.15. The number of anilines is 1. The zero-order valence-electron chi connectivity index (χ0n) is 15.9. The maximum Gasteiger partial charge on any atom is 0.325 e. The van der Waals surface area contributed by atoms with Crippen LogP contribution < -0.4 is 10.6 Å². The van der Waals surface area contributed by atoms with E-state index in [1.165, 1.54) is 11.3 Å². The second-order valence-electron chi connectivity index (χ2n) is 7.50. The quantitative estimate of drug-likeness (QED) is 0.699. The summed E-state index contributed by atoms with van der Waals surface area (Å²) in [6, 6.07) is -0.501. The summed E-state index contributed by atoms with van der Waals surface area (Å²) < 4.78 is 0. The second-order valence-corrected chi connectivity index (χ2v) is 8.56. The molecule has 0 bridgehead atoms. The lowest BCUT2D eigenvalue weighted by Gasteiger charge is -2.37. The summed E-state index contributed by atoms with van der Waals surface area (Å²) >= 11 is 1.28. The zero-order chi connectivity index (χ0) is 19.6. The fraction of sp³-hybridized carbons (Fsp3) is 0.706. The van der Waals surface area contributed by atoms with Crippen LogP contribution in [0.15, 0.2) is 0 Å². The lowest BCUT2D eigenvalue weighted by molar-refractivity contribution is -0.135. The molecule has 1 spiro atoms. The normalized spacial score (nSPS) is 19.8. The smallest absolute Gasteiger partial charge is 0.323 e. The van der Waals surface area contributed by atoms with Crippen LogP contribution in [0.3, 0.4) is 0 Å². The molecule has 3 heterocycles. The molecule has 2 saturated heterocycles. The molecule has 4 amide bonds. The highest BCUT2D eigenvalue weighted by atomic mass is 32.1. The molecule has 1 aromatic heterocycles. The Morgan fingerprint density at radius 1 is 1.30 bits per heavy atom. The predicted molar refractivity (Wildman–Crippen MR) is 101 cm³/mol. The van der Waals surface area contributed by atoms with Crippen LogP contribution in [-0.2, 0) is 16.0 Å². The van der Waals surface area contributed by atoms with Gasteiger partial charge in [0.25, 0.3) is 5.91 Å². The largest absolute Gasteiger partial charge is 0.325 e. The van der Waals surface area contributed by atoms with Gasteiger partial charge in [-0.15, -0.1) is 10.2 Å². The van der Waals surface area contributed by atoms with Gasteiger partial charge in [-0.05, 0) is 25.2 Å². The number of amides is 4. The minimum Gasteiger partial charge on any atom is -0.323 e. The highest BCUT2D eigenvalue weighted by Gasteiger charge is 2.52. The molecule has 0 radical (unpaired) electrons. The molecule has 1 aromatic rings. The van der Waals surface area contributed by atoms with E-state index in [4.69, 9.17) is 0 Å². The van der Waals surface area contributed by atoms with Crippen LogP contribution in [0, 0.1) is 5.92 Å². The first kappa shape index (κ1) is 19.7. The first-order chi connectivity index (χ1) is 12.8. The summed E-state index contributed by atoms with van der Waals surface area (Å²) in [5.74, 6) is -0.202. The van der Waals surface area contributed by atoms with Crippen molar-refractivity contribution < 1.29 is 14.4 Å². The van der Waals surface area contributed by atoms with E-state index in [0.717, 1.165) is 36.0 Å². The van der Waals surface area contributed by atoms with Crippen molar-refractivity contribution in [1.82, 2.24) is 25.3 Å². The number of nitrogens with one attached hydrogen (secondary N) is 2. The van der Waals surface area contributed by atoms with Gasteiger partial charge in [-0.1, -0.05) is 32.1 Å². The highest BCUT2D eigenvalue weighted by Crippen LogP contribution is 2.29. The predicted octanol–water partition coefficient (Wildman–Crippen LogP) is 1.08. The Bertz CT molecular complexity index is 726. The molecule has 9 nitrogen and oxygen atoms in total. The summed E-state index contributed by atoms with van der Waals surface area (Å²) in [5.41, 5.74) is -0.872. The molecular formula is C17H26N6O3S. The van der Waals surface area contributed by atoms with Crippen LogP contribution in [0.4, 0.5) is 9.93 Å². The van der Waals surface area contributed by atoms with Gasteiger partial charge in [0, 0.05) is 19.6 Å². The van der Waals surface area contributed by atoms with Gasteiger partial charge in [0.2, 0.25) is 11.0 Å². The van der Waals surface area contributed by atoms with Crippen molar-refractivity contribution in [1.29, 1.82) is 0 Å². The molecule has 2 aliphatic rings. The van der Waals surface area contributed by atoms with E-state index in [1.54, 1.807) is 0 Å². The summed E-state index contributed by atoms with van der Waals surface area (Å²) in [7, 11) is 0. The standard InChI is InChI=1S/C17H26N6O3S/c1-4-13-20-21-15(27-13)18-12(24)10-23-14(25)17(19-16(23)26)5-7-22(8-6-17)9-11(2)3/h11H,4-10H2,1-3H3,(H,19,26)(H,18,21,24). The number of hydrogen-bond donors (Lipinski definition) is 2. The number of imide groups is 1. The topological polar surface area (TPSA) is 108 Å². The lowest BCUT2D eigenvalue weighted by Crippen LogP contribution is -2.55. The molecule has 10 heteroatoms. The van der Waals surface area contributed by atoms with Crippen molar-refractivity contribution in [3.63, 3.8) is 0 Å². The van der Waals surface area contributed by atoms with Crippen molar-refractivity contribution in [2.24, 2.45) is 5.92 Å². The van der Waals surface area contributed by atoms with Crippen LogP contribution in [0.25, 0.3) is 0 Å². The molecule has 2 aliphatic heterocycles. The maximum absolute atomic E-state index is 12.9. The third-order valence-electron chi connectivity index (χ3n) is 4.90. The third-order valence-corrected chi connectivity index (χ3v) is 5.88. The Labute approximate surface area is 162 Å². The fourth-order valence-electron chi connectivity index (χ4n) is 3.54. The third kappa shape index (κ3) is 4.27. The van der Waals surface area contributed by atoms with Crippen LogP contribution >= 0.6 is 11.3 Å². The number of urea groups is 1. The van der Waals surface area contributed by atoms with Crippen molar-refractivity contribution >= 4 is 34.3 Å². The van der Waals surface area contributed by atoms with Crippen molar-refractivity contribution in [3.8, 4) is 0 Å². The number of aryl methyl sites for hydroxylation is 1. The average Bonchev–Trinajstić information content (AvgIpc) is 3.15. The Kier molecular flexibility index (Phi) is 5.75. The van der Waals surface area contributed by atoms with Crippen LogP contribution in [-0.4, -0.2) is 69.6 Å². The van der Waals surface area contributed by atoms with Gasteiger partial charge >= 0.3 is 6.03 Å². The molecule has 2 fully saturated rings. The van der Waals surface area contributed by atoms with E-state index in [-0.39, 0.29) is 12.5 Å². The summed E-state index contributed by atoms with van der Waals surface area (Å²) in [4.78, 5) is 40.8. The van der Waals surface area contributed by atoms with Gasteiger partial charge in [0.1, 0.15) is 17.1 Å². The van der Waals surface area contributed by atoms with Crippen molar-refractivity contribution in [2.75, 3.05) is 31.5 Å². The SMILES string of the molecule is CCc1nnc(NC(=O)CN2C(=O)NC3(CCN(CC(C)C)CC3)C2=O)s1. The molecule has 0 aromatic carbocycles. The average molecular weight is 395 g/mol. The number of hydrogen-bond acceptors (Lipinski definition) is 7. The van der Waals surface area contributed by atoms with Crippen LogP contribution in [0.2, 0.25) is 0 Å². The van der Waals surface area contributed by atoms with E-state index in [1.807, 2.05) is 6.92 Å². The molecule has 3 rings (SSSR count). The Balaban J connectivity index is 1.58. The second kappa shape index (κ2) is 7.89. The number of carbonyl (C=O) groups excluding carboxylic acids is 3.